The molecular formula is C32H49N2. The molecule has 0 bridgehead atoms. The molecule has 1 heterocycles. The molecule has 2 heteroatoms. The zero-order valence-electron chi connectivity index (χ0n) is 22.2. The van der Waals surface area contributed by atoms with Crippen molar-refractivity contribution in [1.29, 1.82) is 0 Å². The minimum Gasteiger partial charge on any atom is -0.240 e. The Balaban J connectivity index is 1.45. The molecule has 1 aliphatic carbocycles. The van der Waals surface area contributed by atoms with Crippen LogP contribution in [0.4, 0.5) is 0 Å². The van der Waals surface area contributed by atoms with Crippen molar-refractivity contribution < 1.29 is 0 Å². The quantitative estimate of drug-likeness (QED) is 0.207. The molecule has 2 atom stereocenters. The van der Waals surface area contributed by atoms with Gasteiger partial charge in [0.15, 0.2) is 0 Å². The Hall–Kier alpha value is -1.70. The van der Waals surface area contributed by atoms with E-state index in [1.165, 1.54) is 119 Å². The lowest BCUT2D eigenvalue weighted by Crippen LogP contribution is -2.13. The number of aryl methyl sites for hydroxylation is 1. The number of hydrogen-bond donors (Lipinski definition) is 0. The number of rotatable bonds is 18. The van der Waals surface area contributed by atoms with Crippen LogP contribution >= 0.6 is 0 Å². The molecule has 0 fully saturated rings. The van der Waals surface area contributed by atoms with Gasteiger partial charge in [0.1, 0.15) is 5.82 Å². The molecule has 187 valence electrons. The Morgan fingerprint density at radius 3 is 2.00 bits per heavy atom. The summed E-state index contributed by atoms with van der Waals surface area (Å²) in [5, 5.41) is 0. The molecule has 1 radical (unpaired) electrons. The van der Waals surface area contributed by atoms with E-state index in [4.69, 9.17) is 9.97 Å². The van der Waals surface area contributed by atoms with Crippen LogP contribution in [0.2, 0.25) is 0 Å². The summed E-state index contributed by atoms with van der Waals surface area (Å²) in [4.78, 5) is 9.83. The minimum atomic E-state index is 0.363. The molecule has 34 heavy (non-hydrogen) atoms. The van der Waals surface area contributed by atoms with Crippen LogP contribution in [0.1, 0.15) is 145 Å². The van der Waals surface area contributed by atoms with E-state index in [1.54, 1.807) is 0 Å². The number of benzene rings is 1. The van der Waals surface area contributed by atoms with Crippen molar-refractivity contribution in [3.8, 4) is 0 Å². The van der Waals surface area contributed by atoms with E-state index in [-0.39, 0.29) is 0 Å². The third kappa shape index (κ3) is 8.82. The zero-order chi connectivity index (χ0) is 23.8. The van der Waals surface area contributed by atoms with Crippen LogP contribution in [0.3, 0.4) is 0 Å². The van der Waals surface area contributed by atoms with Gasteiger partial charge >= 0.3 is 0 Å². The fourth-order valence-electron chi connectivity index (χ4n) is 5.71. The first kappa shape index (κ1) is 26.9. The van der Waals surface area contributed by atoms with Crippen LogP contribution in [0.25, 0.3) is 0 Å². The van der Waals surface area contributed by atoms with Gasteiger partial charge in [0.25, 0.3) is 0 Å². The SMILES string of the molecule is CCCCCCCCCCCc1cnc(C2c3cc[c]cc3CC2CCCCCCCC)nc1. The van der Waals surface area contributed by atoms with Crippen molar-refractivity contribution in [2.45, 2.75) is 135 Å². The molecule has 3 rings (SSSR count). The van der Waals surface area contributed by atoms with Gasteiger partial charge in [-0.1, -0.05) is 122 Å². The van der Waals surface area contributed by atoms with E-state index < -0.39 is 0 Å². The molecule has 0 N–H and O–H groups in total. The Labute approximate surface area is 210 Å². The second-order valence-corrected chi connectivity index (χ2v) is 10.7. The fourth-order valence-corrected chi connectivity index (χ4v) is 5.71. The van der Waals surface area contributed by atoms with Gasteiger partial charge in [-0.05, 0) is 54.4 Å². The maximum absolute atomic E-state index is 4.91. The summed E-state index contributed by atoms with van der Waals surface area (Å²) in [6.07, 6.45) is 28.3. The average Bonchev–Trinajstić information content (AvgIpc) is 3.24. The predicted molar refractivity (Wildman–Crippen MR) is 145 cm³/mol. The molecule has 0 saturated heterocycles. The second-order valence-electron chi connectivity index (χ2n) is 10.7. The van der Waals surface area contributed by atoms with Crippen LogP contribution < -0.4 is 0 Å². The van der Waals surface area contributed by atoms with Gasteiger partial charge in [-0.25, -0.2) is 9.97 Å². The Kier molecular flexibility index (Phi) is 12.7. The summed E-state index contributed by atoms with van der Waals surface area (Å²) in [5.41, 5.74) is 4.21. The summed E-state index contributed by atoms with van der Waals surface area (Å²) < 4.78 is 0. The number of unbranched alkanes of at least 4 members (excludes halogenated alkanes) is 13. The number of hydrogen-bond acceptors (Lipinski definition) is 2. The van der Waals surface area contributed by atoms with Gasteiger partial charge in [-0.15, -0.1) is 0 Å². The zero-order valence-corrected chi connectivity index (χ0v) is 22.2. The van der Waals surface area contributed by atoms with E-state index >= 15 is 0 Å². The van der Waals surface area contributed by atoms with Gasteiger partial charge < -0.3 is 0 Å². The highest BCUT2D eigenvalue weighted by Crippen LogP contribution is 2.43. The monoisotopic (exact) mass is 461 g/mol. The number of fused-ring (bicyclic) bond motifs is 1. The third-order valence-corrected chi connectivity index (χ3v) is 7.78. The lowest BCUT2D eigenvalue weighted by molar-refractivity contribution is 0.424. The molecule has 1 aliphatic rings. The van der Waals surface area contributed by atoms with Crippen LogP contribution in [0.5, 0.6) is 0 Å². The summed E-state index contributed by atoms with van der Waals surface area (Å²) in [5.74, 6) is 2.04. The Bertz CT molecular complexity index is 782. The molecule has 2 nitrogen and oxygen atoms in total. The molecule has 2 unspecified atom stereocenters. The second kappa shape index (κ2) is 16.1. The van der Waals surface area contributed by atoms with Crippen molar-refractivity contribution in [3.63, 3.8) is 0 Å². The van der Waals surface area contributed by atoms with Gasteiger partial charge in [0.2, 0.25) is 0 Å². The van der Waals surface area contributed by atoms with E-state index in [9.17, 15) is 0 Å². The normalized spacial score (nSPS) is 17.2. The predicted octanol–water partition coefficient (Wildman–Crippen LogP) is 9.40. The van der Waals surface area contributed by atoms with Gasteiger partial charge in [0, 0.05) is 18.3 Å². The third-order valence-electron chi connectivity index (χ3n) is 7.78. The molecule has 0 aliphatic heterocycles. The number of aromatic nitrogens is 2. The Morgan fingerprint density at radius 1 is 0.765 bits per heavy atom. The van der Waals surface area contributed by atoms with Crippen LogP contribution in [0.15, 0.2) is 30.6 Å². The summed E-state index contributed by atoms with van der Waals surface area (Å²) in [7, 11) is 0. The van der Waals surface area contributed by atoms with Crippen molar-refractivity contribution in [3.05, 3.63) is 59.2 Å². The van der Waals surface area contributed by atoms with E-state index in [0.29, 0.717) is 11.8 Å². The van der Waals surface area contributed by atoms with Crippen molar-refractivity contribution in [2.75, 3.05) is 0 Å². The molecular weight excluding hydrogens is 412 g/mol. The minimum absolute atomic E-state index is 0.363. The summed E-state index contributed by atoms with van der Waals surface area (Å²) in [6.45, 7) is 4.58. The van der Waals surface area contributed by atoms with Gasteiger partial charge in [-0.3, -0.25) is 0 Å². The molecule has 1 aromatic heterocycles. The molecule has 0 saturated carbocycles. The maximum atomic E-state index is 4.91. The van der Waals surface area contributed by atoms with E-state index in [1.807, 2.05) is 0 Å². The maximum Gasteiger partial charge on any atom is 0.135 e. The van der Waals surface area contributed by atoms with Crippen LogP contribution in [0, 0.1) is 12.0 Å². The Morgan fingerprint density at radius 2 is 1.35 bits per heavy atom. The van der Waals surface area contributed by atoms with Crippen LogP contribution in [-0.4, -0.2) is 9.97 Å². The first-order valence-corrected chi connectivity index (χ1v) is 14.6. The van der Waals surface area contributed by atoms with Crippen molar-refractivity contribution in [2.24, 2.45) is 5.92 Å². The largest absolute Gasteiger partial charge is 0.240 e. The van der Waals surface area contributed by atoms with Crippen molar-refractivity contribution >= 4 is 0 Å². The lowest BCUT2D eigenvalue weighted by Gasteiger charge is -2.19. The molecule has 0 spiro atoms. The highest BCUT2D eigenvalue weighted by molar-refractivity contribution is 5.39. The first-order chi connectivity index (χ1) is 16.8. The lowest BCUT2D eigenvalue weighted by atomic mass is 9.87. The summed E-state index contributed by atoms with van der Waals surface area (Å²) in [6, 6.07) is 9.82. The van der Waals surface area contributed by atoms with Gasteiger partial charge in [0.05, 0.1) is 0 Å². The topological polar surface area (TPSA) is 25.8 Å². The highest BCUT2D eigenvalue weighted by Gasteiger charge is 2.34. The van der Waals surface area contributed by atoms with E-state index in [2.05, 4.69) is 50.5 Å². The molecule has 1 aromatic carbocycles. The highest BCUT2D eigenvalue weighted by atomic mass is 14.9. The smallest absolute Gasteiger partial charge is 0.135 e. The molecule has 2 aromatic rings. The number of nitrogens with zero attached hydrogens (tertiary/aromatic N) is 2. The van der Waals surface area contributed by atoms with Crippen molar-refractivity contribution in [1.82, 2.24) is 9.97 Å². The van der Waals surface area contributed by atoms with Gasteiger partial charge in [-0.2, -0.15) is 0 Å². The van der Waals surface area contributed by atoms with Crippen LogP contribution in [-0.2, 0) is 12.8 Å². The average molecular weight is 462 g/mol. The standard InChI is InChI=1S/C32H49N2/c1-3-5-7-9-11-12-13-14-16-20-27-25-33-32(34-26-27)31-29(22-17-15-10-8-6-4-2)24-28-21-18-19-23-30(28)31/h19,21,23,25-26,29,31H,3-17,20,22,24H2,1-2H3. The fraction of sp³-hybridized carbons (Fsp3) is 0.688. The molecule has 0 amide bonds. The summed E-state index contributed by atoms with van der Waals surface area (Å²) >= 11 is 0. The van der Waals surface area contributed by atoms with E-state index in [0.717, 1.165) is 18.7 Å². The first-order valence-electron chi connectivity index (χ1n) is 14.6.